The van der Waals surface area contributed by atoms with Gasteiger partial charge < -0.3 is 4.74 Å². The van der Waals surface area contributed by atoms with E-state index in [0.29, 0.717) is 31.0 Å². The first-order chi connectivity index (χ1) is 12.9. The molecule has 2 bridgehead atoms. The monoisotopic (exact) mass is 407 g/mol. The van der Waals surface area contributed by atoms with Crippen molar-refractivity contribution in [1.82, 2.24) is 4.31 Å². The standard InChI is InChI=1S/C20H19ClFNO3S/c21-15-5-1-13(2-6-15)11-23-12-20-10-17(14-3-7-16(22)8-4-14)18(26-20)9-19(20)27(23,24)25/h1-8,17-19H,9-12H2/t17-,18-,19+,20+/m1/s1. The zero-order valence-electron chi connectivity index (χ0n) is 14.5. The summed E-state index contributed by atoms with van der Waals surface area (Å²) in [6, 6.07) is 13.7. The van der Waals surface area contributed by atoms with Crippen LogP contribution in [0, 0.1) is 5.82 Å². The van der Waals surface area contributed by atoms with Gasteiger partial charge in [-0.1, -0.05) is 35.9 Å². The van der Waals surface area contributed by atoms with Gasteiger partial charge in [0.1, 0.15) is 16.7 Å². The van der Waals surface area contributed by atoms with Crippen LogP contribution in [0.25, 0.3) is 0 Å². The second-order valence-electron chi connectivity index (χ2n) is 7.75. The van der Waals surface area contributed by atoms with E-state index < -0.39 is 20.9 Å². The summed E-state index contributed by atoms with van der Waals surface area (Å²) in [6.07, 6.45) is 1.04. The van der Waals surface area contributed by atoms with Crippen molar-refractivity contribution in [3.05, 3.63) is 70.5 Å². The Balaban J connectivity index is 1.40. The van der Waals surface area contributed by atoms with Crippen molar-refractivity contribution in [3.8, 4) is 0 Å². The summed E-state index contributed by atoms with van der Waals surface area (Å²) < 4.78 is 47.2. The molecule has 0 unspecified atom stereocenters. The average molecular weight is 408 g/mol. The topological polar surface area (TPSA) is 46.6 Å². The minimum atomic E-state index is -3.41. The van der Waals surface area contributed by atoms with E-state index in [2.05, 4.69) is 0 Å². The van der Waals surface area contributed by atoms with Crippen LogP contribution in [-0.2, 0) is 21.3 Å². The Kier molecular flexibility index (Phi) is 3.92. The fourth-order valence-electron chi connectivity index (χ4n) is 4.93. The maximum absolute atomic E-state index is 13.2. The molecule has 0 aromatic heterocycles. The number of benzene rings is 2. The third-order valence-corrected chi connectivity index (χ3v) is 8.74. The van der Waals surface area contributed by atoms with Crippen LogP contribution in [-0.4, -0.2) is 36.2 Å². The Morgan fingerprint density at radius 1 is 1.15 bits per heavy atom. The van der Waals surface area contributed by atoms with E-state index in [1.807, 2.05) is 12.1 Å². The molecule has 0 amide bonds. The quantitative estimate of drug-likeness (QED) is 0.779. The predicted octanol–water partition coefficient (Wildman–Crippen LogP) is 3.71. The molecule has 3 saturated heterocycles. The van der Waals surface area contributed by atoms with Crippen LogP contribution in [0.15, 0.2) is 48.5 Å². The van der Waals surface area contributed by atoms with Gasteiger partial charge in [-0.2, -0.15) is 4.31 Å². The molecule has 2 aromatic rings. The van der Waals surface area contributed by atoms with Gasteiger partial charge in [-0.15, -0.1) is 0 Å². The first-order valence-corrected chi connectivity index (χ1v) is 10.9. The normalized spacial score (nSPS) is 34.1. The molecular weight excluding hydrogens is 389 g/mol. The van der Waals surface area contributed by atoms with Crippen LogP contribution in [0.4, 0.5) is 4.39 Å². The largest absolute Gasteiger partial charge is 0.368 e. The molecule has 0 N–H and O–H groups in total. The summed E-state index contributed by atoms with van der Waals surface area (Å²) in [5, 5.41) is 0.140. The van der Waals surface area contributed by atoms with Gasteiger partial charge in [0.2, 0.25) is 10.0 Å². The summed E-state index contributed by atoms with van der Waals surface area (Å²) in [7, 11) is -3.41. The fraction of sp³-hybridized carbons (Fsp3) is 0.400. The Labute approximate surface area is 162 Å². The fourth-order valence-corrected chi connectivity index (χ4v) is 7.34. The van der Waals surface area contributed by atoms with Crippen LogP contribution < -0.4 is 0 Å². The number of hydrogen-bond acceptors (Lipinski definition) is 3. The van der Waals surface area contributed by atoms with Crippen molar-refractivity contribution in [2.24, 2.45) is 0 Å². The molecule has 2 aromatic carbocycles. The molecule has 4 nitrogen and oxygen atoms in total. The van der Waals surface area contributed by atoms with Gasteiger partial charge in [0, 0.05) is 24.0 Å². The maximum Gasteiger partial charge on any atom is 0.220 e. The first kappa shape index (κ1) is 17.6. The molecule has 7 heteroatoms. The van der Waals surface area contributed by atoms with E-state index >= 15 is 0 Å². The van der Waals surface area contributed by atoms with Gasteiger partial charge in [0.05, 0.1) is 6.10 Å². The molecule has 3 heterocycles. The Morgan fingerprint density at radius 3 is 2.56 bits per heavy atom. The van der Waals surface area contributed by atoms with Crippen LogP contribution in [0.1, 0.15) is 29.9 Å². The third kappa shape index (κ3) is 2.73. The molecule has 3 aliphatic heterocycles. The zero-order chi connectivity index (χ0) is 18.8. The molecule has 142 valence electrons. The minimum Gasteiger partial charge on any atom is -0.368 e. The number of ether oxygens (including phenoxy) is 1. The van der Waals surface area contributed by atoms with Crippen molar-refractivity contribution in [3.63, 3.8) is 0 Å². The van der Waals surface area contributed by atoms with Crippen molar-refractivity contribution in [1.29, 1.82) is 0 Å². The lowest BCUT2D eigenvalue weighted by Gasteiger charge is -2.26. The second kappa shape index (κ2) is 6.01. The lowest BCUT2D eigenvalue weighted by molar-refractivity contribution is 0.0108. The highest BCUT2D eigenvalue weighted by molar-refractivity contribution is 7.90. The zero-order valence-corrected chi connectivity index (χ0v) is 16.1. The highest BCUT2D eigenvalue weighted by Crippen LogP contribution is 2.57. The number of rotatable bonds is 3. The van der Waals surface area contributed by atoms with E-state index in [-0.39, 0.29) is 17.8 Å². The smallest absolute Gasteiger partial charge is 0.220 e. The molecule has 0 aliphatic carbocycles. The van der Waals surface area contributed by atoms with E-state index in [1.54, 1.807) is 28.6 Å². The molecular formula is C20H19ClFNO3S. The molecule has 4 atom stereocenters. The van der Waals surface area contributed by atoms with Gasteiger partial charge in [-0.05, 0) is 48.2 Å². The van der Waals surface area contributed by atoms with Gasteiger partial charge in [0.15, 0.2) is 0 Å². The maximum atomic E-state index is 13.2. The average Bonchev–Trinajstić information content (AvgIpc) is 3.25. The summed E-state index contributed by atoms with van der Waals surface area (Å²) in [5.41, 5.74) is 1.27. The van der Waals surface area contributed by atoms with E-state index in [4.69, 9.17) is 16.3 Å². The summed E-state index contributed by atoms with van der Waals surface area (Å²) >= 11 is 5.92. The van der Waals surface area contributed by atoms with Crippen LogP contribution in [0.2, 0.25) is 5.02 Å². The Morgan fingerprint density at radius 2 is 1.85 bits per heavy atom. The molecule has 5 rings (SSSR count). The van der Waals surface area contributed by atoms with Gasteiger partial charge in [-0.3, -0.25) is 0 Å². The highest BCUT2D eigenvalue weighted by atomic mass is 35.5. The number of sulfonamides is 1. The molecule has 0 saturated carbocycles. The lowest BCUT2D eigenvalue weighted by atomic mass is 9.77. The first-order valence-electron chi connectivity index (χ1n) is 9.04. The van der Waals surface area contributed by atoms with Crippen molar-refractivity contribution >= 4 is 21.6 Å². The van der Waals surface area contributed by atoms with Crippen molar-refractivity contribution in [2.45, 2.75) is 42.3 Å². The van der Waals surface area contributed by atoms with Crippen molar-refractivity contribution < 1.29 is 17.5 Å². The van der Waals surface area contributed by atoms with E-state index in [1.165, 1.54) is 12.1 Å². The van der Waals surface area contributed by atoms with Crippen LogP contribution >= 0.6 is 11.6 Å². The highest BCUT2D eigenvalue weighted by Gasteiger charge is 2.68. The third-order valence-electron chi connectivity index (χ3n) is 6.17. The summed E-state index contributed by atoms with van der Waals surface area (Å²) in [5.74, 6) is -0.149. The Hall–Kier alpha value is -1.47. The van der Waals surface area contributed by atoms with Crippen molar-refractivity contribution in [2.75, 3.05) is 6.54 Å². The molecule has 0 radical (unpaired) electrons. The number of nitrogens with zero attached hydrogens (tertiary/aromatic N) is 1. The summed E-state index contributed by atoms with van der Waals surface area (Å²) in [6.45, 7) is 0.698. The number of hydrogen-bond donors (Lipinski definition) is 0. The second-order valence-corrected chi connectivity index (χ2v) is 10.3. The van der Waals surface area contributed by atoms with Gasteiger partial charge in [-0.25, -0.2) is 12.8 Å². The minimum absolute atomic E-state index is 0.118. The van der Waals surface area contributed by atoms with Gasteiger partial charge in [0.25, 0.3) is 0 Å². The molecule has 27 heavy (non-hydrogen) atoms. The van der Waals surface area contributed by atoms with Crippen LogP contribution in [0.3, 0.4) is 0 Å². The number of fused-ring (bicyclic) bond motifs is 1. The summed E-state index contributed by atoms with van der Waals surface area (Å²) in [4.78, 5) is 0. The van der Waals surface area contributed by atoms with Crippen LogP contribution in [0.5, 0.6) is 0 Å². The molecule has 3 aliphatic rings. The van der Waals surface area contributed by atoms with E-state index in [0.717, 1.165) is 11.1 Å². The number of halogens is 2. The van der Waals surface area contributed by atoms with E-state index in [9.17, 15) is 12.8 Å². The SMILES string of the molecule is O=S1(=O)[C@H]2C[C@H]3O[C@@]2(C[C@@H]3c2ccc(F)cc2)CN1Cc1ccc(Cl)cc1. The lowest BCUT2D eigenvalue weighted by Crippen LogP contribution is -2.39. The Bertz CT molecular complexity index is 979. The van der Waals surface area contributed by atoms with Gasteiger partial charge >= 0.3 is 0 Å². The molecule has 1 spiro atoms. The predicted molar refractivity (Wildman–Crippen MR) is 101 cm³/mol. The molecule has 3 fully saturated rings.